The SMILES string of the molecule is CC(C)C1CCN(c2cc(Cl)ccc2C(=N)N)CC1. The summed E-state index contributed by atoms with van der Waals surface area (Å²) in [6, 6.07) is 5.56. The summed E-state index contributed by atoms with van der Waals surface area (Å²) in [6.07, 6.45) is 2.39. The fourth-order valence-corrected chi connectivity index (χ4v) is 2.97. The van der Waals surface area contributed by atoms with Gasteiger partial charge in [0.25, 0.3) is 0 Å². The molecule has 1 aromatic carbocycles. The van der Waals surface area contributed by atoms with Crippen molar-refractivity contribution in [3.05, 3.63) is 28.8 Å². The first kappa shape index (κ1) is 14.2. The third-order valence-corrected chi connectivity index (χ3v) is 4.31. The largest absolute Gasteiger partial charge is 0.384 e. The molecule has 3 nitrogen and oxygen atoms in total. The van der Waals surface area contributed by atoms with Crippen molar-refractivity contribution in [2.75, 3.05) is 18.0 Å². The number of piperidine rings is 1. The highest BCUT2D eigenvalue weighted by molar-refractivity contribution is 6.31. The summed E-state index contributed by atoms with van der Waals surface area (Å²) >= 11 is 6.08. The maximum atomic E-state index is 7.68. The summed E-state index contributed by atoms with van der Waals surface area (Å²) in [4.78, 5) is 2.31. The molecule has 0 amide bonds. The van der Waals surface area contributed by atoms with Gasteiger partial charge in [0, 0.05) is 29.4 Å². The molecule has 0 saturated carbocycles. The van der Waals surface area contributed by atoms with Crippen LogP contribution in [0.5, 0.6) is 0 Å². The molecule has 104 valence electrons. The van der Waals surface area contributed by atoms with Crippen LogP contribution in [0.2, 0.25) is 5.02 Å². The standard InChI is InChI=1S/C15H22ClN3/c1-10(2)11-5-7-19(8-6-11)14-9-12(16)3-4-13(14)15(17)18/h3-4,9-11H,5-8H2,1-2H3,(H3,17,18). The fraction of sp³-hybridized carbons (Fsp3) is 0.533. The van der Waals surface area contributed by atoms with Crippen LogP contribution < -0.4 is 10.6 Å². The zero-order chi connectivity index (χ0) is 14.0. The lowest BCUT2D eigenvalue weighted by Gasteiger charge is -2.36. The van der Waals surface area contributed by atoms with Gasteiger partial charge in [0.2, 0.25) is 0 Å². The quantitative estimate of drug-likeness (QED) is 0.657. The number of benzene rings is 1. The third-order valence-electron chi connectivity index (χ3n) is 4.07. The van der Waals surface area contributed by atoms with Gasteiger partial charge in [-0.3, -0.25) is 5.41 Å². The van der Waals surface area contributed by atoms with Crippen molar-refractivity contribution in [3.63, 3.8) is 0 Å². The molecule has 1 aromatic rings. The summed E-state index contributed by atoms with van der Waals surface area (Å²) < 4.78 is 0. The van der Waals surface area contributed by atoms with Crippen LogP contribution in [0.15, 0.2) is 18.2 Å². The zero-order valence-corrected chi connectivity index (χ0v) is 12.4. The predicted molar refractivity (Wildman–Crippen MR) is 82.2 cm³/mol. The van der Waals surface area contributed by atoms with Gasteiger partial charge in [-0.1, -0.05) is 25.4 Å². The molecule has 4 heteroatoms. The number of amidine groups is 1. The van der Waals surface area contributed by atoms with Crippen molar-refractivity contribution in [3.8, 4) is 0 Å². The normalized spacial score (nSPS) is 16.9. The Morgan fingerprint density at radius 2 is 2.00 bits per heavy atom. The summed E-state index contributed by atoms with van der Waals surface area (Å²) in [5.74, 6) is 1.66. The van der Waals surface area contributed by atoms with E-state index in [1.54, 1.807) is 6.07 Å². The molecule has 1 saturated heterocycles. The van der Waals surface area contributed by atoms with Crippen molar-refractivity contribution < 1.29 is 0 Å². The number of nitrogens with two attached hydrogens (primary N) is 1. The second kappa shape index (κ2) is 5.83. The minimum Gasteiger partial charge on any atom is -0.384 e. The van der Waals surface area contributed by atoms with Gasteiger partial charge in [0.1, 0.15) is 5.84 Å². The Morgan fingerprint density at radius 3 is 2.53 bits per heavy atom. The lowest BCUT2D eigenvalue weighted by Crippen LogP contribution is -2.36. The van der Waals surface area contributed by atoms with Gasteiger partial charge >= 0.3 is 0 Å². The number of nitrogens with one attached hydrogen (secondary N) is 1. The van der Waals surface area contributed by atoms with Crippen LogP contribution in [-0.4, -0.2) is 18.9 Å². The van der Waals surface area contributed by atoms with Crippen LogP contribution >= 0.6 is 11.6 Å². The van der Waals surface area contributed by atoms with Crippen molar-refractivity contribution in [2.24, 2.45) is 17.6 Å². The number of nitrogen functional groups attached to an aromatic ring is 1. The highest BCUT2D eigenvalue weighted by Gasteiger charge is 2.23. The Labute approximate surface area is 120 Å². The summed E-state index contributed by atoms with van der Waals surface area (Å²) in [6.45, 7) is 6.62. The topological polar surface area (TPSA) is 53.1 Å². The molecule has 1 aliphatic heterocycles. The summed E-state index contributed by atoms with van der Waals surface area (Å²) in [5, 5.41) is 8.38. The van der Waals surface area contributed by atoms with E-state index < -0.39 is 0 Å². The first-order chi connectivity index (χ1) is 8.99. The number of halogens is 1. The second-order valence-electron chi connectivity index (χ2n) is 5.64. The van der Waals surface area contributed by atoms with Crippen LogP contribution in [0, 0.1) is 17.2 Å². The molecule has 1 fully saturated rings. The Kier molecular flexibility index (Phi) is 4.35. The van der Waals surface area contributed by atoms with E-state index in [1.807, 2.05) is 12.1 Å². The predicted octanol–water partition coefficient (Wildman–Crippen LogP) is 3.50. The zero-order valence-electron chi connectivity index (χ0n) is 11.6. The lowest BCUT2D eigenvalue weighted by atomic mass is 9.86. The number of hydrogen-bond acceptors (Lipinski definition) is 2. The average Bonchev–Trinajstić information content (AvgIpc) is 2.38. The number of rotatable bonds is 3. The van der Waals surface area contributed by atoms with E-state index >= 15 is 0 Å². The highest BCUT2D eigenvalue weighted by atomic mass is 35.5. The maximum Gasteiger partial charge on any atom is 0.124 e. The van der Waals surface area contributed by atoms with Crippen LogP contribution in [0.25, 0.3) is 0 Å². The monoisotopic (exact) mass is 279 g/mol. The average molecular weight is 280 g/mol. The van der Waals surface area contributed by atoms with Gasteiger partial charge in [0.05, 0.1) is 0 Å². The molecule has 1 aliphatic rings. The molecule has 0 aliphatic carbocycles. The van der Waals surface area contributed by atoms with E-state index in [-0.39, 0.29) is 5.84 Å². The van der Waals surface area contributed by atoms with Crippen LogP contribution in [0.3, 0.4) is 0 Å². The molecule has 0 unspecified atom stereocenters. The van der Waals surface area contributed by atoms with Crippen molar-refractivity contribution in [1.29, 1.82) is 5.41 Å². The Morgan fingerprint density at radius 1 is 1.37 bits per heavy atom. The molecule has 1 heterocycles. The Balaban J connectivity index is 2.19. The van der Waals surface area contributed by atoms with Crippen molar-refractivity contribution in [2.45, 2.75) is 26.7 Å². The van der Waals surface area contributed by atoms with Crippen LogP contribution in [0.1, 0.15) is 32.3 Å². The van der Waals surface area contributed by atoms with Gasteiger partial charge in [-0.2, -0.15) is 0 Å². The van der Waals surface area contributed by atoms with Gasteiger partial charge in [-0.05, 0) is 42.9 Å². The maximum absolute atomic E-state index is 7.68. The Bertz CT molecular complexity index is 462. The van der Waals surface area contributed by atoms with Crippen molar-refractivity contribution >= 4 is 23.1 Å². The molecular formula is C15H22ClN3. The smallest absolute Gasteiger partial charge is 0.124 e. The highest BCUT2D eigenvalue weighted by Crippen LogP contribution is 2.31. The van der Waals surface area contributed by atoms with Gasteiger partial charge < -0.3 is 10.6 Å². The molecule has 19 heavy (non-hydrogen) atoms. The van der Waals surface area contributed by atoms with E-state index in [0.29, 0.717) is 5.02 Å². The van der Waals surface area contributed by atoms with Gasteiger partial charge in [-0.25, -0.2) is 0 Å². The minimum atomic E-state index is 0.109. The molecule has 2 rings (SSSR count). The van der Waals surface area contributed by atoms with E-state index in [0.717, 1.165) is 36.2 Å². The number of anilines is 1. The van der Waals surface area contributed by atoms with E-state index in [4.69, 9.17) is 22.7 Å². The first-order valence-electron chi connectivity index (χ1n) is 6.88. The molecule has 0 bridgehead atoms. The van der Waals surface area contributed by atoms with E-state index in [2.05, 4.69) is 18.7 Å². The lowest BCUT2D eigenvalue weighted by molar-refractivity contribution is 0.311. The first-order valence-corrected chi connectivity index (χ1v) is 7.25. The van der Waals surface area contributed by atoms with Gasteiger partial charge in [-0.15, -0.1) is 0 Å². The molecule has 3 N–H and O–H groups in total. The van der Waals surface area contributed by atoms with Crippen LogP contribution in [0.4, 0.5) is 5.69 Å². The molecule has 0 aromatic heterocycles. The molecular weight excluding hydrogens is 258 g/mol. The van der Waals surface area contributed by atoms with Crippen LogP contribution in [-0.2, 0) is 0 Å². The fourth-order valence-electron chi connectivity index (χ4n) is 2.80. The summed E-state index contributed by atoms with van der Waals surface area (Å²) in [7, 11) is 0. The van der Waals surface area contributed by atoms with Gasteiger partial charge in [0.15, 0.2) is 0 Å². The van der Waals surface area contributed by atoms with Crippen molar-refractivity contribution in [1.82, 2.24) is 0 Å². The summed E-state index contributed by atoms with van der Waals surface area (Å²) in [5.41, 5.74) is 7.45. The molecule has 0 atom stereocenters. The van der Waals surface area contributed by atoms with E-state index in [9.17, 15) is 0 Å². The van der Waals surface area contributed by atoms with E-state index in [1.165, 1.54) is 12.8 Å². The molecule has 0 spiro atoms. The third kappa shape index (κ3) is 3.21. The second-order valence-corrected chi connectivity index (χ2v) is 6.08. The number of hydrogen-bond donors (Lipinski definition) is 2. The number of nitrogens with zero attached hydrogens (tertiary/aromatic N) is 1. The molecule has 0 radical (unpaired) electrons. The minimum absolute atomic E-state index is 0.109. The Hall–Kier alpha value is -1.22.